The summed E-state index contributed by atoms with van der Waals surface area (Å²) in [7, 11) is 0. The van der Waals surface area contributed by atoms with E-state index >= 15 is 0 Å². The molecule has 2 N–H and O–H groups in total. The van der Waals surface area contributed by atoms with Crippen molar-refractivity contribution in [2.45, 2.75) is 13.5 Å². The van der Waals surface area contributed by atoms with Gasteiger partial charge in [-0.15, -0.1) is 0 Å². The second kappa shape index (κ2) is 6.67. The molecule has 0 saturated carbocycles. The monoisotopic (exact) mass is 289 g/mol. The van der Waals surface area contributed by atoms with E-state index in [0.29, 0.717) is 23.7 Å². The number of ether oxygens (including phenoxy) is 1. The first-order valence-electron chi connectivity index (χ1n) is 6.40. The highest BCUT2D eigenvalue weighted by molar-refractivity contribution is 5.49. The molecule has 0 aliphatic rings. The summed E-state index contributed by atoms with van der Waals surface area (Å²) >= 11 is 0. The van der Waals surface area contributed by atoms with Crippen LogP contribution in [0, 0.1) is 10.1 Å². The molecule has 21 heavy (non-hydrogen) atoms. The van der Waals surface area contributed by atoms with Gasteiger partial charge in [0, 0.05) is 6.54 Å². The van der Waals surface area contributed by atoms with Crippen LogP contribution >= 0.6 is 0 Å². The average molecular weight is 289 g/mol. The largest absolute Gasteiger partial charge is 0.439 e. The van der Waals surface area contributed by atoms with Crippen molar-refractivity contribution in [2.75, 3.05) is 11.9 Å². The number of aliphatic hydroxyl groups is 1. The number of nitrogens with zero attached hydrogens (tertiary/aromatic N) is 2. The van der Waals surface area contributed by atoms with E-state index in [2.05, 4.69) is 10.3 Å². The Bertz CT molecular complexity index is 646. The number of anilines is 1. The van der Waals surface area contributed by atoms with E-state index in [9.17, 15) is 10.1 Å². The number of hydrogen-bond acceptors (Lipinski definition) is 6. The molecule has 110 valence electrons. The van der Waals surface area contributed by atoms with Gasteiger partial charge in [-0.05, 0) is 24.6 Å². The molecule has 7 nitrogen and oxygen atoms in total. The average Bonchev–Trinajstić information content (AvgIpc) is 2.47. The third-order valence-electron chi connectivity index (χ3n) is 2.66. The molecule has 2 aromatic rings. The van der Waals surface area contributed by atoms with Crippen molar-refractivity contribution in [2.24, 2.45) is 0 Å². The number of benzene rings is 1. The molecule has 0 unspecified atom stereocenters. The highest BCUT2D eigenvalue weighted by Gasteiger charge is 2.12. The summed E-state index contributed by atoms with van der Waals surface area (Å²) in [5.74, 6) is 0.951. The van der Waals surface area contributed by atoms with Crippen molar-refractivity contribution < 1.29 is 14.8 Å². The second-order valence-electron chi connectivity index (χ2n) is 4.24. The molecule has 0 amide bonds. The Morgan fingerprint density at radius 1 is 1.38 bits per heavy atom. The first-order chi connectivity index (χ1) is 10.1. The lowest BCUT2D eigenvalue weighted by Gasteiger charge is -2.08. The van der Waals surface area contributed by atoms with E-state index < -0.39 is 4.92 Å². The van der Waals surface area contributed by atoms with Gasteiger partial charge in [0.2, 0.25) is 5.88 Å². The van der Waals surface area contributed by atoms with Crippen molar-refractivity contribution in [3.05, 3.63) is 52.1 Å². The summed E-state index contributed by atoms with van der Waals surface area (Å²) in [5.41, 5.74) is 0.583. The van der Waals surface area contributed by atoms with Crippen molar-refractivity contribution >= 4 is 11.5 Å². The maximum absolute atomic E-state index is 10.9. The van der Waals surface area contributed by atoms with Gasteiger partial charge in [-0.2, -0.15) is 4.98 Å². The van der Waals surface area contributed by atoms with Gasteiger partial charge >= 0.3 is 0 Å². The fraction of sp³-hybridized carbons (Fsp3) is 0.214. The van der Waals surface area contributed by atoms with Gasteiger partial charge in [-0.1, -0.05) is 12.1 Å². The quantitative estimate of drug-likeness (QED) is 0.626. The minimum absolute atomic E-state index is 0.103. The Morgan fingerprint density at radius 2 is 2.19 bits per heavy atom. The first kappa shape index (κ1) is 14.7. The van der Waals surface area contributed by atoms with Crippen molar-refractivity contribution in [3.8, 4) is 11.6 Å². The van der Waals surface area contributed by atoms with Crippen molar-refractivity contribution in [3.63, 3.8) is 0 Å². The van der Waals surface area contributed by atoms with Crippen LogP contribution in [-0.4, -0.2) is 21.6 Å². The Labute approximate surface area is 121 Å². The number of rotatable bonds is 6. The molecule has 1 aromatic heterocycles. The van der Waals surface area contributed by atoms with Crippen LogP contribution in [0.25, 0.3) is 0 Å². The van der Waals surface area contributed by atoms with Crippen LogP contribution in [0.1, 0.15) is 12.5 Å². The number of pyridine rings is 1. The normalized spacial score (nSPS) is 10.2. The third kappa shape index (κ3) is 3.90. The molecule has 2 rings (SSSR count). The van der Waals surface area contributed by atoms with E-state index in [-0.39, 0.29) is 18.2 Å². The van der Waals surface area contributed by atoms with E-state index in [1.54, 1.807) is 24.3 Å². The molecule has 0 fully saturated rings. The molecule has 0 bridgehead atoms. The van der Waals surface area contributed by atoms with E-state index in [1.807, 2.05) is 6.92 Å². The summed E-state index contributed by atoms with van der Waals surface area (Å²) in [6.07, 6.45) is 0. The lowest BCUT2D eigenvalue weighted by molar-refractivity contribution is -0.384. The molecule has 0 aliphatic carbocycles. The van der Waals surface area contributed by atoms with Gasteiger partial charge in [0.15, 0.2) is 0 Å². The summed E-state index contributed by atoms with van der Waals surface area (Å²) in [5, 5.41) is 22.9. The smallest absolute Gasteiger partial charge is 0.278 e. The minimum Gasteiger partial charge on any atom is -0.439 e. The molecular formula is C14H15N3O4. The van der Waals surface area contributed by atoms with Gasteiger partial charge < -0.3 is 15.2 Å². The topological polar surface area (TPSA) is 97.5 Å². The van der Waals surface area contributed by atoms with E-state index in [4.69, 9.17) is 9.84 Å². The molecule has 1 heterocycles. The fourth-order valence-corrected chi connectivity index (χ4v) is 1.75. The number of aromatic nitrogens is 1. The van der Waals surface area contributed by atoms with E-state index in [0.717, 1.165) is 0 Å². The highest BCUT2D eigenvalue weighted by Crippen LogP contribution is 2.26. The van der Waals surface area contributed by atoms with Crippen LogP contribution in [-0.2, 0) is 6.61 Å². The first-order valence-corrected chi connectivity index (χ1v) is 6.40. The predicted molar refractivity (Wildman–Crippen MR) is 77.5 cm³/mol. The summed E-state index contributed by atoms with van der Waals surface area (Å²) in [4.78, 5) is 14.6. The molecule has 0 aliphatic heterocycles. The second-order valence-corrected chi connectivity index (χ2v) is 4.24. The van der Waals surface area contributed by atoms with Crippen LogP contribution in [0.15, 0.2) is 36.4 Å². The number of nitro groups is 1. The van der Waals surface area contributed by atoms with Crippen LogP contribution in [0.2, 0.25) is 0 Å². The zero-order valence-electron chi connectivity index (χ0n) is 11.4. The molecule has 7 heteroatoms. The molecule has 1 aromatic carbocycles. The Kier molecular flexibility index (Phi) is 4.68. The standard InChI is InChI=1S/C14H15N3O4/c1-2-15-13-7-11(17(19)20)8-14(16-13)21-12-5-3-4-10(6-12)9-18/h3-8,18H,2,9H2,1H3,(H,15,16). The molecule has 0 radical (unpaired) electrons. The minimum atomic E-state index is -0.500. The third-order valence-corrected chi connectivity index (χ3v) is 2.66. The molecule has 0 spiro atoms. The van der Waals surface area contributed by atoms with Gasteiger partial charge in [-0.25, -0.2) is 0 Å². The fourth-order valence-electron chi connectivity index (χ4n) is 1.75. The number of hydrogen-bond donors (Lipinski definition) is 2. The zero-order chi connectivity index (χ0) is 15.2. The van der Waals surface area contributed by atoms with Crippen LogP contribution < -0.4 is 10.1 Å². The molecule has 0 atom stereocenters. The summed E-state index contributed by atoms with van der Waals surface area (Å²) in [6, 6.07) is 9.41. The number of nitrogens with one attached hydrogen (secondary N) is 1. The summed E-state index contributed by atoms with van der Waals surface area (Å²) in [6.45, 7) is 2.35. The van der Waals surface area contributed by atoms with Gasteiger partial charge in [0.1, 0.15) is 11.6 Å². The lowest BCUT2D eigenvalue weighted by atomic mass is 10.2. The van der Waals surface area contributed by atoms with Gasteiger partial charge in [0.05, 0.1) is 23.7 Å². The van der Waals surface area contributed by atoms with Crippen LogP contribution in [0.3, 0.4) is 0 Å². The maximum atomic E-state index is 10.9. The van der Waals surface area contributed by atoms with Gasteiger partial charge in [-0.3, -0.25) is 10.1 Å². The highest BCUT2D eigenvalue weighted by atomic mass is 16.6. The number of aliphatic hydroxyl groups excluding tert-OH is 1. The van der Waals surface area contributed by atoms with Crippen LogP contribution in [0.4, 0.5) is 11.5 Å². The Morgan fingerprint density at radius 3 is 2.86 bits per heavy atom. The van der Waals surface area contributed by atoms with Crippen LogP contribution in [0.5, 0.6) is 11.6 Å². The lowest BCUT2D eigenvalue weighted by Crippen LogP contribution is -2.02. The molecular weight excluding hydrogens is 274 g/mol. The Hall–Kier alpha value is -2.67. The van der Waals surface area contributed by atoms with Crippen molar-refractivity contribution in [1.82, 2.24) is 4.98 Å². The SMILES string of the molecule is CCNc1cc([N+](=O)[O-])cc(Oc2cccc(CO)c2)n1. The maximum Gasteiger partial charge on any atom is 0.278 e. The predicted octanol–water partition coefficient (Wildman–Crippen LogP) is 2.71. The zero-order valence-corrected chi connectivity index (χ0v) is 11.4. The van der Waals surface area contributed by atoms with E-state index in [1.165, 1.54) is 12.1 Å². The Balaban J connectivity index is 2.31. The van der Waals surface area contributed by atoms with Gasteiger partial charge in [0.25, 0.3) is 5.69 Å². The molecule has 0 saturated heterocycles. The summed E-state index contributed by atoms with van der Waals surface area (Å²) < 4.78 is 5.53. The van der Waals surface area contributed by atoms with Crippen molar-refractivity contribution in [1.29, 1.82) is 0 Å².